The van der Waals surface area contributed by atoms with Crippen LogP contribution in [-0.4, -0.2) is 15.8 Å². The molecule has 1 heterocycles. The summed E-state index contributed by atoms with van der Waals surface area (Å²) < 4.78 is 74.2. The lowest BCUT2D eigenvalue weighted by atomic mass is 10.0. The zero-order chi connectivity index (χ0) is 27.7. The molecule has 0 fully saturated rings. The molecule has 0 aliphatic carbocycles. The molecule has 0 aliphatic rings. The molecule has 0 atom stereocenters. The fourth-order valence-electron chi connectivity index (χ4n) is 3.69. The molecule has 11 heteroatoms. The normalized spacial score (nSPS) is 10.9. The van der Waals surface area contributed by atoms with E-state index in [1.54, 1.807) is 36.4 Å². The summed E-state index contributed by atoms with van der Waals surface area (Å²) in [6.07, 6.45) is 1.48. The van der Waals surface area contributed by atoms with Crippen LogP contribution in [0.3, 0.4) is 0 Å². The molecule has 0 spiro atoms. The van der Waals surface area contributed by atoms with Gasteiger partial charge >= 0.3 is 6.03 Å². The van der Waals surface area contributed by atoms with Gasteiger partial charge in [0.05, 0.1) is 0 Å². The van der Waals surface area contributed by atoms with Gasteiger partial charge in [0.2, 0.25) is 17.4 Å². The van der Waals surface area contributed by atoms with Gasteiger partial charge in [0.25, 0.3) is 0 Å². The van der Waals surface area contributed by atoms with Crippen molar-refractivity contribution in [3.8, 4) is 33.9 Å². The molecule has 1 N–H and O–H groups in total. The maximum atomic E-state index is 13.9. The quantitative estimate of drug-likeness (QED) is 0.175. The molecule has 5 rings (SSSR count). The number of rotatable bonds is 5. The highest BCUT2D eigenvalue weighted by molar-refractivity contribution is 6.30. The van der Waals surface area contributed by atoms with E-state index in [4.69, 9.17) is 16.3 Å². The third-order valence-corrected chi connectivity index (χ3v) is 5.84. The van der Waals surface area contributed by atoms with Crippen molar-refractivity contribution in [3.05, 3.63) is 119 Å². The van der Waals surface area contributed by atoms with Crippen LogP contribution in [-0.2, 0) is 0 Å². The van der Waals surface area contributed by atoms with Gasteiger partial charge in [-0.05, 0) is 54.1 Å². The van der Waals surface area contributed by atoms with Crippen LogP contribution in [0.1, 0.15) is 0 Å². The van der Waals surface area contributed by atoms with Crippen molar-refractivity contribution >= 4 is 23.3 Å². The number of hydrogen-bond acceptors (Lipinski definition) is 3. The number of nitrogens with one attached hydrogen (secondary N) is 1. The summed E-state index contributed by atoms with van der Waals surface area (Å²) in [5.74, 6) is -8.37. The summed E-state index contributed by atoms with van der Waals surface area (Å²) in [7, 11) is 0. The number of hydrogen-bond donors (Lipinski definition) is 1. The van der Waals surface area contributed by atoms with Gasteiger partial charge in [-0.1, -0.05) is 35.9 Å². The molecule has 0 radical (unpaired) electrons. The second kappa shape index (κ2) is 10.6. The molecule has 0 saturated heterocycles. The van der Waals surface area contributed by atoms with E-state index < -0.39 is 40.9 Å². The Labute approximate surface area is 223 Å². The number of halogens is 6. The Morgan fingerprint density at radius 2 is 1.38 bits per heavy atom. The molecule has 5 aromatic rings. The van der Waals surface area contributed by atoms with Crippen LogP contribution in [0.15, 0.2) is 85.1 Å². The van der Waals surface area contributed by atoms with E-state index in [1.807, 2.05) is 0 Å². The third kappa shape index (κ3) is 5.46. The van der Waals surface area contributed by atoms with Crippen LogP contribution in [0.2, 0.25) is 5.02 Å². The van der Waals surface area contributed by atoms with Gasteiger partial charge in [0, 0.05) is 34.1 Å². The van der Waals surface area contributed by atoms with E-state index in [1.165, 1.54) is 42.6 Å². The number of amides is 1. The Kier molecular flexibility index (Phi) is 7.03. The Morgan fingerprint density at radius 3 is 2.00 bits per heavy atom. The molecule has 1 amide bonds. The molecule has 5 nitrogen and oxygen atoms in total. The minimum absolute atomic E-state index is 0.0747. The van der Waals surface area contributed by atoms with Gasteiger partial charge in [0.1, 0.15) is 17.3 Å². The van der Waals surface area contributed by atoms with Crippen molar-refractivity contribution in [3.63, 3.8) is 0 Å². The highest BCUT2D eigenvalue weighted by Gasteiger charge is 2.21. The molecular formula is C28H15ClF5N3O2. The fraction of sp³-hybridized carbons (Fsp3) is 0. The van der Waals surface area contributed by atoms with Crippen molar-refractivity contribution in [2.75, 3.05) is 5.32 Å². The highest BCUT2D eigenvalue weighted by Crippen LogP contribution is 2.33. The Morgan fingerprint density at radius 1 is 0.795 bits per heavy atom. The third-order valence-electron chi connectivity index (χ3n) is 5.59. The lowest BCUT2D eigenvalue weighted by molar-refractivity contribution is 0.251. The first-order valence-corrected chi connectivity index (χ1v) is 11.6. The number of nitrogens with zero attached hydrogens (tertiary/aromatic N) is 2. The monoisotopic (exact) mass is 555 g/mol. The number of carbonyl (C=O) groups excluding carboxylic acids is 1. The lowest BCUT2D eigenvalue weighted by Crippen LogP contribution is -2.19. The van der Waals surface area contributed by atoms with E-state index in [0.29, 0.717) is 27.4 Å². The minimum atomic E-state index is -1.68. The summed E-state index contributed by atoms with van der Waals surface area (Å²) >= 11 is 5.99. The van der Waals surface area contributed by atoms with Crippen LogP contribution in [0.5, 0.6) is 11.5 Å². The van der Waals surface area contributed by atoms with Gasteiger partial charge in [-0.15, -0.1) is 0 Å². The van der Waals surface area contributed by atoms with Crippen molar-refractivity contribution in [1.82, 2.24) is 9.78 Å². The molecule has 196 valence electrons. The molecule has 0 saturated carbocycles. The van der Waals surface area contributed by atoms with Gasteiger partial charge < -0.3 is 10.1 Å². The number of aromatic nitrogens is 2. The topological polar surface area (TPSA) is 56.1 Å². The molecule has 4 aromatic carbocycles. The SMILES string of the molecule is O=C(Nc1ccc(Oc2c(F)c(F)cc(F)c2F)cc1)n1cc(-c2ccc(F)cc2)c(-c2ccc(Cl)cc2)n1. The first-order valence-electron chi connectivity index (χ1n) is 11.2. The van der Waals surface area contributed by atoms with E-state index in [-0.39, 0.29) is 17.5 Å². The van der Waals surface area contributed by atoms with Gasteiger partial charge in [0.15, 0.2) is 11.6 Å². The van der Waals surface area contributed by atoms with Crippen molar-refractivity contribution in [2.24, 2.45) is 0 Å². The lowest BCUT2D eigenvalue weighted by Gasteiger charge is -2.10. The van der Waals surface area contributed by atoms with E-state index in [2.05, 4.69) is 10.4 Å². The largest absolute Gasteiger partial charge is 0.451 e. The standard InChI is InChI=1S/C28H15ClF5N3O2/c29-17-5-1-16(2-6-17)26-21(15-3-7-18(30)8-4-15)14-37(36-26)28(38)35-19-9-11-20(12-10-19)39-27-24(33)22(31)13-23(32)25(27)34/h1-14H,(H,35,38). The molecule has 0 bridgehead atoms. The van der Waals surface area contributed by atoms with Crippen LogP contribution < -0.4 is 10.1 Å². The predicted octanol–water partition coefficient (Wildman–Crippen LogP) is 8.44. The molecule has 39 heavy (non-hydrogen) atoms. The van der Waals surface area contributed by atoms with Crippen LogP contribution in [0, 0.1) is 29.1 Å². The first kappa shape index (κ1) is 25.9. The average Bonchev–Trinajstić information content (AvgIpc) is 3.37. The number of anilines is 1. The summed E-state index contributed by atoms with van der Waals surface area (Å²) in [5, 5.41) is 7.53. The fourth-order valence-corrected chi connectivity index (χ4v) is 3.81. The van der Waals surface area contributed by atoms with Gasteiger partial charge in [-0.25, -0.2) is 18.0 Å². The second-order valence-corrected chi connectivity index (χ2v) is 8.64. The highest BCUT2D eigenvalue weighted by atomic mass is 35.5. The van der Waals surface area contributed by atoms with Crippen molar-refractivity contribution < 1.29 is 31.5 Å². The molecular weight excluding hydrogens is 541 g/mol. The maximum absolute atomic E-state index is 13.9. The van der Waals surface area contributed by atoms with Crippen LogP contribution >= 0.6 is 11.6 Å². The van der Waals surface area contributed by atoms with E-state index in [9.17, 15) is 26.7 Å². The van der Waals surface area contributed by atoms with Gasteiger partial charge in [-0.2, -0.15) is 18.6 Å². The molecule has 0 aliphatic heterocycles. The Balaban J connectivity index is 1.39. The number of carbonyl (C=O) groups is 1. The zero-order valence-corrected chi connectivity index (χ0v) is 20.3. The molecule has 1 aromatic heterocycles. The Bertz CT molecular complexity index is 1580. The summed E-state index contributed by atoms with van der Waals surface area (Å²) in [6, 6.07) is 17.1. The van der Waals surface area contributed by atoms with Crippen LogP contribution in [0.25, 0.3) is 22.4 Å². The number of benzene rings is 4. The van der Waals surface area contributed by atoms with Crippen LogP contribution in [0.4, 0.5) is 32.4 Å². The smallest absolute Gasteiger partial charge is 0.346 e. The van der Waals surface area contributed by atoms with E-state index in [0.717, 1.165) is 4.68 Å². The van der Waals surface area contributed by atoms with Gasteiger partial charge in [-0.3, -0.25) is 0 Å². The van der Waals surface area contributed by atoms with E-state index >= 15 is 0 Å². The summed E-state index contributed by atoms with van der Waals surface area (Å²) in [6.45, 7) is 0. The summed E-state index contributed by atoms with van der Waals surface area (Å²) in [4.78, 5) is 13.0. The Hall–Kier alpha value is -4.70. The van der Waals surface area contributed by atoms with Crippen molar-refractivity contribution in [1.29, 1.82) is 0 Å². The zero-order valence-electron chi connectivity index (χ0n) is 19.6. The predicted molar refractivity (Wildman–Crippen MR) is 135 cm³/mol. The second-order valence-electron chi connectivity index (χ2n) is 8.20. The minimum Gasteiger partial charge on any atom is -0.451 e. The first-order chi connectivity index (χ1) is 18.7. The average molecular weight is 556 g/mol. The molecule has 0 unspecified atom stereocenters. The number of ether oxygens (including phenoxy) is 1. The maximum Gasteiger partial charge on any atom is 0.346 e. The van der Waals surface area contributed by atoms with Crippen molar-refractivity contribution in [2.45, 2.75) is 0 Å². The summed E-state index contributed by atoms with van der Waals surface area (Å²) in [5.41, 5.74) is 2.55.